The van der Waals surface area contributed by atoms with E-state index in [4.69, 9.17) is 9.47 Å². The molecule has 0 aliphatic carbocycles. The van der Waals surface area contributed by atoms with Crippen molar-refractivity contribution < 1.29 is 14.3 Å². The van der Waals surface area contributed by atoms with Crippen molar-refractivity contribution in [2.75, 3.05) is 20.8 Å². The maximum atomic E-state index is 13.3. The third kappa shape index (κ3) is 3.38. The van der Waals surface area contributed by atoms with Gasteiger partial charge in [0, 0.05) is 6.54 Å². The minimum Gasteiger partial charge on any atom is -0.497 e. The van der Waals surface area contributed by atoms with Crippen molar-refractivity contribution in [1.82, 2.24) is 4.90 Å². The summed E-state index contributed by atoms with van der Waals surface area (Å²) in [5.41, 5.74) is 3.42. The monoisotopic (exact) mass is 393 g/mol. The van der Waals surface area contributed by atoms with Gasteiger partial charge in [-0.05, 0) is 53.1 Å². The van der Waals surface area contributed by atoms with E-state index >= 15 is 0 Å². The first-order valence-electron chi connectivity index (χ1n) is 9.38. The number of carbonyl (C=O) groups excluding carboxylic acids is 1. The van der Waals surface area contributed by atoms with Crippen LogP contribution in [0.5, 0.6) is 11.5 Å². The molecule has 0 radical (unpaired) electrons. The van der Waals surface area contributed by atoms with Crippen molar-refractivity contribution in [2.45, 2.75) is 18.9 Å². The summed E-state index contributed by atoms with van der Waals surface area (Å²) < 4.78 is 10.8. The molecule has 0 N–H and O–H groups in total. The van der Waals surface area contributed by atoms with Gasteiger partial charge in [0.25, 0.3) is 5.91 Å². The Kier molecular flexibility index (Phi) is 5.35. The molecule has 3 aromatic rings. The zero-order chi connectivity index (χ0) is 19.5. The van der Waals surface area contributed by atoms with Crippen LogP contribution in [0.25, 0.3) is 11.1 Å². The highest BCUT2D eigenvalue weighted by molar-refractivity contribution is 7.12. The fourth-order valence-electron chi connectivity index (χ4n) is 3.92. The summed E-state index contributed by atoms with van der Waals surface area (Å²) in [4.78, 5) is 15.9. The van der Waals surface area contributed by atoms with Crippen LogP contribution in [-0.4, -0.2) is 31.6 Å². The first-order chi connectivity index (χ1) is 13.7. The Bertz CT molecular complexity index is 981. The standard InChI is InChI=1S/C23H23NO3S/c1-26-17-8-5-7-16(15-17)18-9-3-4-10-19(18)20-11-6-13-24(20)23(25)22-21(27-2)12-14-28-22/h3-5,7-10,12,14-15,20H,6,11,13H2,1-2H3/t20-/m1/s1. The Morgan fingerprint density at radius 3 is 2.75 bits per heavy atom. The molecule has 1 aromatic heterocycles. The summed E-state index contributed by atoms with van der Waals surface area (Å²) in [6.45, 7) is 0.761. The molecule has 1 aliphatic heterocycles. The van der Waals surface area contributed by atoms with Crippen molar-refractivity contribution in [3.63, 3.8) is 0 Å². The number of rotatable bonds is 5. The zero-order valence-electron chi connectivity index (χ0n) is 16.1. The fraction of sp³-hybridized carbons (Fsp3) is 0.261. The number of ether oxygens (including phenoxy) is 2. The Morgan fingerprint density at radius 2 is 1.93 bits per heavy atom. The zero-order valence-corrected chi connectivity index (χ0v) is 16.9. The van der Waals surface area contributed by atoms with Crippen LogP contribution in [0.1, 0.15) is 34.1 Å². The molecule has 2 heterocycles. The van der Waals surface area contributed by atoms with Gasteiger partial charge in [-0.1, -0.05) is 36.4 Å². The molecule has 1 atom stereocenters. The number of methoxy groups -OCH3 is 2. The number of likely N-dealkylation sites (tertiary alicyclic amines) is 1. The summed E-state index contributed by atoms with van der Waals surface area (Å²) in [6, 6.07) is 18.3. The maximum absolute atomic E-state index is 13.3. The normalized spacial score (nSPS) is 16.2. The molecule has 5 heteroatoms. The molecule has 0 bridgehead atoms. The number of hydrogen-bond donors (Lipinski definition) is 0. The van der Waals surface area contributed by atoms with Crippen LogP contribution in [0.15, 0.2) is 60.0 Å². The van der Waals surface area contributed by atoms with Crippen molar-refractivity contribution in [3.05, 3.63) is 70.4 Å². The average molecular weight is 394 g/mol. The first kappa shape index (κ1) is 18.6. The summed E-state index contributed by atoms with van der Waals surface area (Å²) in [6.07, 6.45) is 1.96. The largest absolute Gasteiger partial charge is 0.497 e. The van der Waals surface area contributed by atoms with Crippen LogP contribution in [0.3, 0.4) is 0 Å². The topological polar surface area (TPSA) is 38.8 Å². The second kappa shape index (κ2) is 8.07. The van der Waals surface area contributed by atoms with Gasteiger partial charge in [-0.25, -0.2) is 0 Å². The number of nitrogens with zero attached hydrogens (tertiary/aromatic N) is 1. The van der Waals surface area contributed by atoms with E-state index in [1.54, 1.807) is 14.2 Å². The SMILES string of the molecule is COc1cccc(-c2ccccc2[C@H]2CCCN2C(=O)c2sccc2OC)c1. The molecule has 1 amide bonds. The molecule has 144 valence electrons. The van der Waals surface area contributed by atoms with E-state index < -0.39 is 0 Å². The van der Waals surface area contributed by atoms with Gasteiger partial charge in [0.05, 0.1) is 20.3 Å². The van der Waals surface area contributed by atoms with Crippen LogP contribution >= 0.6 is 11.3 Å². The van der Waals surface area contributed by atoms with Gasteiger partial charge in [0.2, 0.25) is 0 Å². The van der Waals surface area contributed by atoms with Crippen LogP contribution in [0.2, 0.25) is 0 Å². The molecule has 1 saturated heterocycles. The molecule has 2 aromatic carbocycles. The first-order valence-corrected chi connectivity index (χ1v) is 10.3. The minimum absolute atomic E-state index is 0.0507. The molecule has 0 spiro atoms. The summed E-state index contributed by atoms with van der Waals surface area (Å²) >= 11 is 1.44. The van der Waals surface area contributed by atoms with Crippen LogP contribution in [-0.2, 0) is 0 Å². The van der Waals surface area contributed by atoms with Crippen molar-refractivity contribution in [1.29, 1.82) is 0 Å². The summed E-state index contributed by atoms with van der Waals surface area (Å²) in [5, 5.41) is 1.90. The van der Waals surface area contributed by atoms with Crippen LogP contribution in [0.4, 0.5) is 0 Å². The Morgan fingerprint density at radius 1 is 1.07 bits per heavy atom. The second-order valence-corrected chi connectivity index (χ2v) is 7.71. The molecule has 1 fully saturated rings. The van der Waals surface area contributed by atoms with E-state index in [9.17, 15) is 4.79 Å². The van der Waals surface area contributed by atoms with E-state index in [2.05, 4.69) is 18.2 Å². The molecular weight excluding hydrogens is 370 g/mol. The predicted molar refractivity (Wildman–Crippen MR) is 112 cm³/mol. The number of amides is 1. The maximum Gasteiger partial charge on any atom is 0.268 e. The number of carbonyl (C=O) groups is 1. The number of hydrogen-bond acceptors (Lipinski definition) is 4. The predicted octanol–water partition coefficient (Wildman–Crippen LogP) is 5.41. The Labute approximate surface area is 169 Å². The van der Waals surface area contributed by atoms with Gasteiger partial charge >= 0.3 is 0 Å². The van der Waals surface area contributed by atoms with Crippen LogP contribution in [0, 0.1) is 0 Å². The molecule has 1 aliphatic rings. The third-order valence-electron chi connectivity index (χ3n) is 5.26. The third-order valence-corrected chi connectivity index (χ3v) is 6.14. The second-order valence-electron chi connectivity index (χ2n) is 6.79. The van der Waals surface area contributed by atoms with E-state index in [-0.39, 0.29) is 11.9 Å². The lowest BCUT2D eigenvalue weighted by atomic mass is 9.93. The summed E-state index contributed by atoms with van der Waals surface area (Å²) in [7, 11) is 3.29. The average Bonchev–Trinajstić information content (AvgIpc) is 3.42. The minimum atomic E-state index is 0.0507. The van der Waals surface area contributed by atoms with Gasteiger partial charge in [-0.3, -0.25) is 4.79 Å². The quantitative estimate of drug-likeness (QED) is 0.582. The molecule has 4 rings (SSSR count). The van der Waals surface area contributed by atoms with Crippen LogP contribution < -0.4 is 9.47 Å². The lowest BCUT2D eigenvalue weighted by molar-refractivity contribution is 0.0738. The highest BCUT2D eigenvalue weighted by Gasteiger charge is 2.33. The lowest BCUT2D eigenvalue weighted by Crippen LogP contribution is -2.30. The lowest BCUT2D eigenvalue weighted by Gasteiger charge is -2.27. The van der Waals surface area contributed by atoms with E-state index in [1.165, 1.54) is 16.9 Å². The van der Waals surface area contributed by atoms with Gasteiger partial charge in [-0.15, -0.1) is 11.3 Å². The highest BCUT2D eigenvalue weighted by Crippen LogP contribution is 2.40. The molecule has 0 saturated carbocycles. The molecule has 28 heavy (non-hydrogen) atoms. The Balaban J connectivity index is 1.71. The fourth-order valence-corrected chi connectivity index (χ4v) is 4.73. The van der Waals surface area contributed by atoms with E-state index in [0.717, 1.165) is 36.3 Å². The highest BCUT2D eigenvalue weighted by atomic mass is 32.1. The van der Waals surface area contributed by atoms with Gasteiger partial charge in [0.15, 0.2) is 0 Å². The van der Waals surface area contributed by atoms with E-state index in [1.807, 2.05) is 46.7 Å². The van der Waals surface area contributed by atoms with E-state index in [0.29, 0.717) is 10.6 Å². The smallest absolute Gasteiger partial charge is 0.268 e. The van der Waals surface area contributed by atoms with Crippen molar-refractivity contribution in [2.24, 2.45) is 0 Å². The molecular formula is C23H23NO3S. The number of benzene rings is 2. The number of thiophene rings is 1. The van der Waals surface area contributed by atoms with Gasteiger partial charge < -0.3 is 14.4 Å². The van der Waals surface area contributed by atoms with Gasteiger partial charge in [0.1, 0.15) is 16.4 Å². The van der Waals surface area contributed by atoms with Gasteiger partial charge in [-0.2, -0.15) is 0 Å². The molecule has 0 unspecified atom stereocenters. The Hall–Kier alpha value is -2.79. The summed E-state index contributed by atoms with van der Waals surface area (Å²) in [5.74, 6) is 1.53. The van der Waals surface area contributed by atoms with Crippen molar-refractivity contribution >= 4 is 17.2 Å². The van der Waals surface area contributed by atoms with Crippen molar-refractivity contribution in [3.8, 4) is 22.6 Å². The molecule has 4 nitrogen and oxygen atoms in total.